The van der Waals surface area contributed by atoms with Gasteiger partial charge in [-0.25, -0.2) is 33.3 Å². The minimum Gasteiger partial charge on any atom is -0.454 e. The van der Waals surface area contributed by atoms with Crippen molar-refractivity contribution in [3.05, 3.63) is 29.3 Å². The number of H-pyrrole nitrogens is 1. The number of carbonyl (C=O) groups excluding carboxylic acids is 2. The number of nitrogen functional groups attached to an aromatic ring is 2. The second-order valence-corrected chi connectivity index (χ2v) is 24.9. The number of aromatic nitrogens is 8. The zero-order valence-corrected chi connectivity index (χ0v) is 37.4. The number of imidazole rings is 2. The molecule has 62 heavy (non-hydrogen) atoms. The van der Waals surface area contributed by atoms with Crippen LogP contribution in [0.2, 0.25) is 0 Å². The molecule has 3 saturated heterocycles. The fraction of sp³-hybridized carbons (Fsp3) is 0.636. The fourth-order valence-electron chi connectivity index (χ4n) is 6.23. The molecule has 0 aromatic carbocycles. The van der Waals surface area contributed by atoms with Gasteiger partial charge in [-0.2, -0.15) is 4.98 Å². The summed E-state index contributed by atoms with van der Waals surface area (Å²) < 4.78 is 112. The lowest BCUT2D eigenvalue weighted by Crippen LogP contribution is -2.36. The molecule has 4 aromatic rings. The molecule has 23 nitrogen and oxygen atoms in total. The molecule has 2 unspecified atom stereocenters. The number of carbonyl (C=O) groups is 2. The number of anilines is 2. The van der Waals surface area contributed by atoms with Crippen molar-refractivity contribution in [3.63, 3.8) is 0 Å². The molecule has 0 amide bonds. The van der Waals surface area contributed by atoms with Gasteiger partial charge in [-0.05, 0) is 52.9 Å². The highest BCUT2D eigenvalue weighted by Crippen LogP contribution is 2.65. The molecule has 10 atom stereocenters. The van der Waals surface area contributed by atoms with Gasteiger partial charge >= 0.3 is 18.7 Å². The molecular formula is C33H44F2N10O13P2S2. The van der Waals surface area contributed by atoms with E-state index >= 15 is 8.78 Å². The summed E-state index contributed by atoms with van der Waals surface area (Å²) in [5, 5.41) is 0. The maximum absolute atomic E-state index is 16.9. The topological polar surface area (TPSA) is 301 Å². The van der Waals surface area contributed by atoms with Crippen molar-refractivity contribution in [3.8, 4) is 0 Å². The number of esters is 2. The number of nitrogens with two attached hydrogens (primary N) is 2. The second-order valence-electron chi connectivity index (χ2n) is 16.2. The standard InChI is InChI=1S/C33H44F2N10O13P2S2/c1-32(2,3)29(47)52-13-61-59(49)12-51-21-16(57-27(18(21)35)44-10-40-19-23(36)38-9-39-24(19)44)8-55-60(50,62-14-53-30(48)33(4,5)6)58-22-17(34)15(7-54-59)56-28(22)45-11-41-20-25(45)42-31(37)43-26(20)46/h9-11,15-18,21-22,27-28H,7-8,12-14H2,1-6H3,(H2,36,38,39)(H3,37,42,43,46)/t15-,16-,17-,18-,21-,22-,27-,28-,59?,60?/m1/s1. The molecule has 0 radical (unpaired) electrons. The Kier molecular flexibility index (Phi) is 13.2. The summed E-state index contributed by atoms with van der Waals surface area (Å²) in [6.45, 7) is -0.936. The van der Waals surface area contributed by atoms with Crippen LogP contribution in [-0.4, -0.2) is 119 Å². The Hall–Kier alpha value is -3.78. The minimum atomic E-state index is -4.75. The van der Waals surface area contributed by atoms with Gasteiger partial charge in [0.1, 0.15) is 54.5 Å². The number of fused-ring (bicyclic) bond motifs is 5. The highest BCUT2D eigenvalue weighted by Gasteiger charge is 2.54. The van der Waals surface area contributed by atoms with Crippen LogP contribution in [0.4, 0.5) is 20.5 Å². The molecule has 0 aliphatic carbocycles. The maximum atomic E-state index is 16.9. The van der Waals surface area contributed by atoms with Gasteiger partial charge in [0.2, 0.25) is 5.95 Å². The first-order chi connectivity index (χ1) is 29.1. The normalized spacial score (nSPS) is 31.2. The Bertz CT molecular complexity index is 2490. The van der Waals surface area contributed by atoms with Crippen molar-refractivity contribution in [2.75, 3.05) is 42.9 Å². The number of rotatable bonds is 8. The summed E-state index contributed by atoms with van der Waals surface area (Å²) in [7, 11) is 0. The van der Waals surface area contributed by atoms with Crippen LogP contribution in [-0.2, 0) is 56.0 Å². The summed E-state index contributed by atoms with van der Waals surface area (Å²) in [6, 6.07) is 0. The first kappa shape index (κ1) is 46.2. The molecule has 7 rings (SSSR count). The zero-order chi connectivity index (χ0) is 44.9. The Morgan fingerprint density at radius 1 is 0.839 bits per heavy atom. The predicted octanol–water partition coefficient (Wildman–Crippen LogP) is 4.23. The van der Waals surface area contributed by atoms with Gasteiger partial charge in [0, 0.05) is 11.4 Å². The lowest BCUT2D eigenvalue weighted by Gasteiger charge is -2.28. The molecule has 3 aliphatic rings. The van der Waals surface area contributed by atoms with Crippen LogP contribution in [0, 0.1) is 10.8 Å². The van der Waals surface area contributed by atoms with E-state index in [9.17, 15) is 23.5 Å². The first-order valence-electron chi connectivity index (χ1n) is 18.7. The number of hydrogen-bond acceptors (Lipinski definition) is 22. The third kappa shape index (κ3) is 9.66. The van der Waals surface area contributed by atoms with Gasteiger partial charge < -0.3 is 39.7 Å². The summed E-state index contributed by atoms with van der Waals surface area (Å²) in [5.41, 5.74) is 8.99. The van der Waals surface area contributed by atoms with Gasteiger partial charge in [-0.15, -0.1) is 0 Å². The highest BCUT2D eigenvalue weighted by molar-refractivity contribution is 8.56. The smallest absolute Gasteiger partial charge is 0.393 e. The Morgan fingerprint density at radius 2 is 1.45 bits per heavy atom. The predicted molar refractivity (Wildman–Crippen MR) is 218 cm³/mol. The SMILES string of the molecule is CC(C)(C)C(=O)OCSP1(=O)CO[C@H]2[C@@H](F)[C@H](n3cnc4c(N)ncnc43)O[C@@H]2COP(=O)(SCOC(=O)C(C)(C)C)O[C@@H]2[C@H](F)[C@@H](CO1)O[C@H]2n1cnc2c(=O)[nH]c(N)nc21. The molecule has 3 aliphatic heterocycles. The molecule has 29 heteroatoms. The molecule has 5 N–H and O–H groups in total. The van der Waals surface area contributed by atoms with Crippen molar-refractivity contribution in [1.29, 1.82) is 0 Å². The highest BCUT2D eigenvalue weighted by atomic mass is 32.7. The molecule has 4 aromatic heterocycles. The summed E-state index contributed by atoms with van der Waals surface area (Å²) in [4.78, 5) is 60.7. The van der Waals surface area contributed by atoms with Crippen molar-refractivity contribution in [2.45, 2.75) is 90.8 Å². The van der Waals surface area contributed by atoms with E-state index in [0.717, 1.165) is 17.2 Å². The number of hydrogen-bond donors (Lipinski definition) is 3. The van der Waals surface area contributed by atoms with Crippen molar-refractivity contribution < 1.29 is 64.8 Å². The van der Waals surface area contributed by atoms with Crippen LogP contribution < -0.4 is 17.0 Å². The molecule has 2 bridgehead atoms. The van der Waals surface area contributed by atoms with Crippen LogP contribution in [0.1, 0.15) is 54.0 Å². The summed E-state index contributed by atoms with van der Waals surface area (Å²) in [6.07, 6.45) is -11.5. The average molecular weight is 953 g/mol. The molecule has 0 spiro atoms. The van der Waals surface area contributed by atoms with E-state index in [0.29, 0.717) is 22.8 Å². The van der Waals surface area contributed by atoms with Gasteiger partial charge in [-0.3, -0.25) is 42.1 Å². The second kappa shape index (κ2) is 17.7. The number of ether oxygens (including phenoxy) is 5. The molecule has 3 fully saturated rings. The number of nitrogens with zero attached hydrogens (tertiary/aromatic N) is 7. The average Bonchev–Trinajstić information content (AvgIpc) is 3.95. The van der Waals surface area contributed by atoms with Crippen LogP contribution in [0.15, 0.2) is 23.8 Å². The zero-order valence-electron chi connectivity index (χ0n) is 33.9. The van der Waals surface area contributed by atoms with E-state index in [1.165, 1.54) is 10.9 Å². The quantitative estimate of drug-likeness (QED) is 0.126. The number of alkyl halides is 2. The molecule has 0 saturated carbocycles. The van der Waals surface area contributed by atoms with Crippen molar-refractivity contribution in [2.24, 2.45) is 10.8 Å². The van der Waals surface area contributed by atoms with Gasteiger partial charge in [-0.1, -0.05) is 0 Å². The monoisotopic (exact) mass is 952 g/mol. The number of nitrogens with one attached hydrogen (secondary N) is 1. The van der Waals surface area contributed by atoms with Crippen molar-refractivity contribution in [1.82, 2.24) is 39.0 Å². The minimum absolute atomic E-state index is 0.00222. The van der Waals surface area contributed by atoms with Gasteiger partial charge in [0.25, 0.3) is 12.1 Å². The van der Waals surface area contributed by atoms with Gasteiger partial charge in [0.15, 0.2) is 47.4 Å². The van der Waals surface area contributed by atoms with Crippen LogP contribution in [0.5, 0.6) is 0 Å². The van der Waals surface area contributed by atoms with Gasteiger partial charge in [0.05, 0.1) is 36.7 Å². The van der Waals surface area contributed by atoms with Crippen molar-refractivity contribution >= 4 is 82.2 Å². The first-order valence-corrected chi connectivity index (χ1v) is 25.3. The lowest BCUT2D eigenvalue weighted by atomic mass is 9.98. The largest absolute Gasteiger partial charge is 0.454 e. The van der Waals surface area contributed by atoms with Crippen LogP contribution >= 0.6 is 36.1 Å². The Labute approximate surface area is 358 Å². The molecule has 7 heterocycles. The molecular weight excluding hydrogens is 908 g/mol. The third-order valence-electron chi connectivity index (χ3n) is 9.49. The Balaban J connectivity index is 1.26. The van der Waals surface area contributed by atoms with E-state index in [4.69, 9.17) is 48.7 Å². The van der Waals surface area contributed by atoms with E-state index in [2.05, 4.69) is 29.9 Å². The summed E-state index contributed by atoms with van der Waals surface area (Å²) >= 11 is 0.909. The fourth-order valence-corrected chi connectivity index (χ4v) is 11.7. The van der Waals surface area contributed by atoms with E-state index in [1.54, 1.807) is 41.5 Å². The van der Waals surface area contributed by atoms with Crippen LogP contribution in [0.3, 0.4) is 0 Å². The van der Waals surface area contributed by atoms with E-state index in [-0.39, 0.29) is 34.1 Å². The lowest BCUT2D eigenvalue weighted by molar-refractivity contribution is -0.151. The summed E-state index contributed by atoms with van der Waals surface area (Å²) in [5.74, 6) is -2.74. The van der Waals surface area contributed by atoms with Crippen LogP contribution in [0.25, 0.3) is 22.3 Å². The molecule has 340 valence electrons. The Morgan fingerprint density at radius 3 is 2.13 bits per heavy atom. The van der Waals surface area contributed by atoms with E-state index < -0.39 is 122 Å². The maximum Gasteiger partial charge on any atom is 0.393 e. The third-order valence-corrected chi connectivity index (χ3v) is 16.6. The number of aromatic amines is 1. The number of halogens is 2. The van der Waals surface area contributed by atoms with E-state index in [1.807, 2.05) is 0 Å².